The summed E-state index contributed by atoms with van der Waals surface area (Å²) in [4.78, 5) is 11.1. The number of esters is 1. The molecule has 0 saturated heterocycles. The minimum Gasteiger partial charge on any atom is -0.491 e. The van der Waals surface area contributed by atoms with E-state index < -0.39 is 12.0 Å². The van der Waals surface area contributed by atoms with Gasteiger partial charge in [0.25, 0.3) is 0 Å². The van der Waals surface area contributed by atoms with Crippen molar-refractivity contribution in [3.63, 3.8) is 0 Å². The number of carbonyl (C=O) groups is 1. The van der Waals surface area contributed by atoms with Crippen LogP contribution in [0.5, 0.6) is 5.75 Å². The number of rotatable bonds is 4. The van der Waals surface area contributed by atoms with Crippen LogP contribution in [0, 0.1) is 0 Å². The Morgan fingerprint density at radius 3 is 2.28 bits per heavy atom. The lowest BCUT2D eigenvalue weighted by molar-refractivity contribution is -0.142. The van der Waals surface area contributed by atoms with Crippen molar-refractivity contribution in [1.82, 2.24) is 0 Å². The third-order valence-corrected chi connectivity index (χ3v) is 2.65. The lowest BCUT2D eigenvalue weighted by Crippen LogP contribution is -2.37. The molecule has 0 amide bonds. The SMILES string of the molecule is COC(=O)C(N)COc1ccc(C(C)(C)C)cc1. The van der Waals surface area contributed by atoms with Crippen LogP contribution in [0.4, 0.5) is 0 Å². The second kappa shape index (κ2) is 5.87. The van der Waals surface area contributed by atoms with Crippen LogP contribution in [-0.4, -0.2) is 25.7 Å². The Labute approximate surface area is 108 Å². The smallest absolute Gasteiger partial charge is 0.326 e. The Morgan fingerprint density at radius 2 is 1.83 bits per heavy atom. The summed E-state index contributed by atoms with van der Waals surface area (Å²) in [7, 11) is 1.31. The van der Waals surface area contributed by atoms with Crippen molar-refractivity contribution in [2.24, 2.45) is 5.73 Å². The van der Waals surface area contributed by atoms with Crippen molar-refractivity contribution in [2.45, 2.75) is 32.2 Å². The molecule has 4 heteroatoms. The van der Waals surface area contributed by atoms with E-state index >= 15 is 0 Å². The fourth-order valence-corrected chi connectivity index (χ4v) is 1.46. The van der Waals surface area contributed by atoms with E-state index in [9.17, 15) is 4.79 Å². The summed E-state index contributed by atoms with van der Waals surface area (Å²) >= 11 is 0. The maximum atomic E-state index is 11.1. The van der Waals surface area contributed by atoms with Crippen molar-refractivity contribution in [3.8, 4) is 5.75 Å². The molecule has 0 aliphatic rings. The van der Waals surface area contributed by atoms with Gasteiger partial charge in [-0.3, -0.25) is 4.79 Å². The van der Waals surface area contributed by atoms with Gasteiger partial charge < -0.3 is 15.2 Å². The maximum absolute atomic E-state index is 11.1. The first-order valence-electron chi connectivity index (χ1n) is 5.91. The summed E-state index contributed by atoms with van der Waals surface area (Å²) in [6.07, 6.45) is 0. The molecule has 4 nitrogen and oxygen atoms in total. The summed E-state index contributed by atoms with van der Waals surface area (Å²) in [6, 6.07) is 7.03. The van der Waals surface area contributed by atoms with Gasteiger partial charge in [0.05, 0.1) is 7.11 Å². The molecule has 1 atom stereocenters. The highest BCUT2D eigenvalue weighted by molar-refractivity contribution is 5.75. The van der Waals surface area contributed by atoms with Gasteiger partial charge in [0.1, 0.15) is 18.4 Å². The zero-order valence-corrected chi connectivity index (χ0v) is 11.4. The minimum absolute atomic E-state index is 0.112. The molecular formula is C14H21NO3. The van der Waals surface area contributed by atoms with Crippen LogP contribution in [0.1, 0.15) is 26.3 Å². The Hall–Kier alpha value is -1.55. The fourth-order valence-electron chi connectivity index (χ4n) is 1.46. The number of hydrogen-bond acceptors (Lipinski definition) is 4. The van der Waals surface area contributed by atoms with E-state index in [1.54, 1.807) is 0 Å². The Bertz CT molecular complexity index is 392. The first-order valence-corrected chi connectivity index (χ1v) is 5.91. The van der Waals surface area contributed by atoms with E-state index in [0.29, 0.717) is 5.75 Å². The summed E-state index contributed by atoms with van der Waals surface area (Å²) in [6.45, 7) is 6.56. The van der Waals surface area contributed by atoms with Gasteiger partial charge in [0.15, 0.2) is 0 Å². The highest BCUT2D eigenvalue weighted by Crippen LogP contribution is 2.24. The number of methoxy groups -OCH3 is 1. The van der Waals surface area contributed by atoms with Crippen molar-refractivity contribution in [2.75, 3.05) is 13.7 Å². The monoisotopic (exact) mass is 251 g/mol. The van der Waals surface area contributed by atoms with Crippen LogP contribution in [0.25, 0.3) is 0 Å². The molecule has 1 aromatic carbocycles. The van der Waals surface area contributed by atoms with E-state index in [4.69, 9.17) is 10.5 Å². The molecule has 2 N–H and O–H groups in total. The quantitative estimate of drug-likeness (QED) is 0.830. The van der Waals surface area contributed by atoms with Gasteiger partial charge in [-0.15, -0.1) is 0 Å². The van der Waals surface area contributed by atoms with Gasteiger partial charge >= 0.3 is 5.97 Å². The van der Waals surface area contributed by atoms with Crippen molar-refractivity contribution in [1.29, 1.82) is 0 Å². The lowest BCUT2D eigenvalue weighted by atomic mass is 9.87. The number of carbonyl (C=O) groups excluding carboxylic acids is 1. The average Bonchev–Trinajstić information content (AvgIpc) is 2.34. The normalized spacial score (nSPS) is 12.9. The molecule has 0 aliphatic carbocycles. The summed E-state index contributed by atoms with van der Waals surface area (Å²) in [5.74, 6) is 0.226. The van der Waals surface area contributed by atoms with Gasteiger partial charge in [-0.2, -0.15) is 0 Å². The number of nitrogens with two attached hydrogens (primary N) is 1. The molecule has 0 heterocycles. The van der Waals surface area contributed by atoms with Gasteiger partial charge in [0, 0.05) is 0 Å². The van der Waals surface area contributed by atoms with Gasteiger partial charge in [-0.1, -0.05) is 32.9 Å². The summed E-state index contributed by atoms with van der Waals surface area (Å²) in [5, 5.41) is 0. The molecule has 1 rings (SSSR count). The average molecular weight is 251 g/mol. The van der Waals surface area contributed by atoms with Crippen molar-refractivity contribution in [3.05, 3.63) is 29.8 Å². The number of ether oxygens (including phenoxy) is 2. The van der Waals surface area contributed by atoms with Crippen molar-refractivity contribution < 1.29 is 14.3 Å². The van der Waals surface area contributed by atoms with Crippen LogP contribution in [-0.2, 0) is 14.9 Å². The molecule has 18 heavy (non-hydrogen) atoms. The second-order valence-corrected chi connectivity index (χ2v) is 5.22. The van der Waals surface area contributed by atoms with Gasteiger partial charge in [-0.25, -0.2) is 0 Å². The van der Waals surface area contributed by atoms with E-state index in [-0.39, 0.29) is 12.0 Å². The standard InChI is InChI=1S/C14H21NO3/c1-14(2,3)10-5-7-11(8-6-10)18-9-12(15)13(16)17-4/h5-8,12H,9,15H2,1-4H3. The Balaban J connectivity index is 2.57. The van der Waals surface area contributed by atoms with E-state index in [1.807, 2.05) is 24.3 Å². The Morgan fingerprint density at radius 1 is 1.28 bits per heavy atom. The van der Waals surface area contributed by atoms with Gasteiger partial charge in [0.2, 0.25) is 0 Å². The highest BCUT2D eigenvalue weighted by atomic mass is 16.5. The summed E-state index contributed by atoms with van der Waals surface area (Å²) in [5.41, 5.74) is 6.92. The topological polar surface area (TPSA) is 61.5 Å². The van der Waals surface area contributed by atoms with Crippen LogP contribution in [0.2, 0.25) is 0 Å². The molecule has 1 unspecified atom stereocenters. The zero-order chi connectivity index (χ0) is 13.8. The second-order valence-electron chi connectivity index (χ2n) is 5.22. The van der Waals surface area contributed by atoms with E-state index in [0.717, 1.165) is 0 Å². The molecule has 0 saturated carbocycles. The molecule has 0 spiro atoms. The minimum atomic E-state index is -0.753. The first-order chi connectivity index (χ1) is 8.34. The van der Waals surface area contributed by atoms with Crippen LogP contribution < -0.4 is 10.5 Å². The largest absolute Gasteiger partial charge is 0.491 e. The van der Waals surface area contributed by atoms with E-state index in [2.05, 4.69) is 25.5 Å². The molecule has 1 aromatic rings. The van der Waals surface area contributed by atoms with Crippen LogP contribution >= 0.6 is 0 Å². The molecule has 0 aliphatic heterocycles. The molecular weight excluding hydrogens is 230 g/mol. The number of benzene rings is 1. The van der Waals surface area contributed by atoms with Gasteiger partial charge in [-0.05, 0) is 23.1 Å². The number of hydrogen-bond donors (Lipinski definition) is 1. The molecule has 100 valence electrons. The van der Waals surface area contributed by atoms with E-state index in [1.165, 1.54) is 12.7 Å². The Kier molecular flexibility index (Phi) is 4.73. The van der Waals surface area contributed by atoms with Crippen LogP contribution in [0.3, 0.4) is 0 Å². The fraction of sp³-hybridized carbons (Fsp3) is 0.500. The molecule has 0 fully saturated rings. The molecule has 0 bridgehead atoms. The third-order valence-electron chi connectivity index (χ3n) is 2.65. The molecule has 0 aromatic heterocycles. The van der Waals surface area contributed by atoms with Crippen molar-refractivity contribution >= 4 is 5.97 Å². The predicted molar refractivity (Wildman–Crippen MR) is 70.6 cm³/mol. The first kappa shape index (κ1) is 14.5. The lowest BCUT2D eigenvalue weighted by Gasteiger charge is -2.19. The molecule has 0 radical (unpaired) electrons. The predicted octanol–water partition coefficient (Wildman–Crippen LogP) is 1.86. The highest BCUT2D eigenvalue weighted by Gasteiger charge is 2.15. The zero-order valence-electron chi connectivity index (χ0n) is 11.4. The summed E-state index contributed by atoms with van der Waals surface area (Å²) < 4.78 is 9.95. The van der Waals surface area contributed by atoms with Crippen LogP contribution in [0.15, 0.2) is 24.3 Å². The maximum Gasteiger partial charge on any atom is 0.326 e. The third kappa shape index (κ3) is 4.04.